The number of imidazole rings is 1. The quantitative estimate of drug-likeness (QED) is 0.288. The Morgan fingerprint density at radius 2 is 1.75 bits per heavy atom. The number of halogens is 4. The molecule has 0 spiro atoms. The van der Waals surface area contributed by atoms with E-state index in [9.17, 15) is 13.2 Å². The van der Waals surface area contributed by atoms with Crippen LogP contribution in [0.2, 0.25) is 5.02 Å². The van der Waals surface area contributed by atoms with Crippen molar-refractivity contribution in [1.29, 1.82) is 0 Å². The zero-order valence-corrected chi connectivity index (χ0v) is 19.6. The lowest BCUT2D eigenvalue weighted by Gasteiger charge is -2.08. The topological polar surface area (TPSA) is 93.5 Å². The summed E-state index contributed by atoms with van der Waals surface area (Å²) in [6.45, 7) is 0.524. The summed E-state index contributed by atoms with van der Waals surface area (Å²) in [5.74, 6) is 1.26. The van der Waals surface area contributed by atoms with Crippen molar-refractivity contribution in [2.45, 2.75) is 19.1 Å². The highest BCUT2D eigenvalue weighted by Crippen LogP contribution is 2.28. The van der Waals surface area contributed by atoms with E-state index in [-0.39, 0.29) is 6.01 Å². The molecule has 36 heavy (non-hydrogen) atoms. The Morgan fingerprint density at radius 1 is 1.03 bits per heavy atom. The average molecular weight is 514 g/mol. The number of fused-ring (bicyclic) bond motifs is 1. The number of anilines is 1. The van der Waals surface area contributed by atoms with Gasteiger partial charge in [-0.15, -0.1) is 0 Å². The number of benzene rings is 2. The summed E-state index contributed by atoms with van der Waals surface area (Å²) in [4.78, 5) is 12.6. The molecule has 5 rings (SSSR count). The Labute approximate surface area is 208 Å². The first kappa shape index (κ1) is 23.6. The van der Waals surface area contributed by atoms with Crippen LogP contribution in [0.25, 0.3) is 11.0 Å². The molecular formula is C24H19ClF3N7O. The van der Waals surface area contributed by atoms with Crippen molar-refractivity contribution < 1.29 is 17.9 Å². The third kappa shape index (κ3) is 5.25. The predicted octanol–water partition coefficient (Wildman–Crippen LogP) is 5.75. The number of rotatable bonds is 7. The Bertz CT molecular complexity index is 1500. The maximum Gasteiger partial charge on any atom is 0.435 e. The second-order valence-electron chi connectivity index (χ2n) is 8.05. The van der Waals surface area contributed by atoms with Crippen LogP contribution in [0.15, 0.2) is 60.9 Å². The minimum atomic E-state index is -4.47. The van der Waals surface area contributed by atoms with Gasteiger partial charge in [0.2, 0.25) is 5.95 Å². The Balaban J connectivity index is 1.24. The van der Waals surface area contributed by atoms with E-state index in [4.69, 9.17) is 16.3 Å². The number of aromatic amines is 1. The van der Waals surface area contributed by atoms with E-state index in [1.165, 1.54) is 12.4 Å². The molecule has 0 aliphatic rings. The summed E-state index contributed by atoms with van der Waals surface area (Å²) in [5, 5.41) is 9.56. The van der Waals surface area contributed by atoms with E-state index in [1.807, 2.05) is 54.1 Å². The van der Waals surface area contributed by atoms with Gasteiger partial charge in [0, 0.05) is 25.7 Å². The number of hydrogen-bond donors (Lipinski definition) is 2. The molecule has 2 N–H and O–H groups in total. The number of aryl methyl sites for hydroxylation is 1. The van der Waals surface area contributed by atoms with Crippen molar-refractivity contribution in [1.82, 2.24) is 29.7 Å². The number of nitrogens with zero attached hydrogens (tertiary/aromatic N) is 5. The molecule has 0 aliphatic carbocycles. The molecule has 184 valence electrons. The van der Waals surface area contributed by atoms with Crippen LogP contribution in [-0.4, -0.2) is 29.7 Å². The molecule has 3 heterocycles. The summed E-state index contributed by atoms with van der Waals surface area (Å²) < 4.78 is 45.9. The third-order valence-corrected chi connectivity index (χ3v) is 5.64. The van der Waals surface area contributed by atoms with E-state index < -0.39 is 11.9 Å². The molecule has 5 aromatic rings. The second-order valence-corrected chi connectivity index (χ2v) is 8.49. The first-order valence-corrected chi connectivity index (χ1v) is 11.2. The van der Waals surface area contributed by atoms with Gasteiger partial charge >= 0.3 is 12.2 Å². The van der Waals surface area contributed by atoms with E-state index in [2.05, 4.69) is 30.5 Å². The molecule has 0 bridgehead atoms. The maximum absolute atomic E-state index is 12.8. The van der Waals surface area contributed by atoms with Gasteiger partial charge in [-0.25, -0.2) is 15.0 Å². The molecule has 0 unspecified atom stereocenters. The van der Waals surface area contributed by atoms with Crippen molar-refractivity contribution in [3.8, 4) is 11.8 Å². The van der Waals surface area contributed by atoms with Crippen LogP contribution < -0.4 is 10.1 Å². The summed E-state index contributed by atoms with van der Waals surface area (Å²) in [6, 6.07) is 14.3. The lowest BCUT2D eigenvalue weighted by atomic mass is 10.1. The number of alkyl halides is 3. The van der Waals surface area contributed by atoms with Gasteiger partial charge in [0.1, 0.15) is 5.75 Å². The van der Waals surface area contributed by atoms with Crippen molar-refractivity contribution >= 4 is 28.6 Å². The molecule has 3 aromatic heterocycles. The number of aromatic nitrogens is 6. The summed E-state index contributed by atoms with van der Waals surface area (Å²) in [6.07, 6.45) is -1.26. The molecule has 8 nitrogen and oxygen atoms in total. The Morgan fingerprint density at radius 3 is 2.44 bits per heavy atom. The van der Waals surface area contributed by atoms with Crippen molar-refractivity contribution in [3.63, 3.8) is 0 Å². The summed E-state index contributed by atoms with van der Waals surface area (Å²) in [7, 11) is 1.88. The predicted molar refractivity (Wildman–Crippen MR) is 128 cm³/mol. The van der Waals surface area contributed by atoms with Crippen LogP contribution in [0, 0.1) is 0 Å². The normalized spacial score (nSPS) is 11.7. The molecule has 0 amide bonds. The standard InChI is InChI=1S/C24H19ClF3N7O/c1-35-20-9-15(8-17-10-21(34-33-17)24(26,27)28)4-7-19(20)32-22(35)29-11-14-2-5-18(6-3-14)36-23-30-12-16(25)13-31-23/h2-7,9-10,12-13H,8,11H2,1H3,(H,29,32)(H,33,34). The number of hydrogen-bond acceptors (Lipinski definition) is 6. The van der Waals surface area contributed by atoms with Crippen LogP contribution in [0.5, 0.6) is 11.8 Å². The molecule has 0 atom stereocenters. The highest BCUT2D eigenvalue weighted by atomic mass is 35.5. The largest absolute Gasteiger partial charge is 0.435 e. The van der Waals surface area contributed by atoms with Gasteiger partial charge in [-0.3, -0.25) is 5.10 Å². The van der Waals surface area contributed by atoms with Gasteiger partial charge in [-0.2, -0.15) is 18.3 Å². The van der Waals surface area contributed by atoms with Crippen LogP contribution >= 0.6 is 11.6 Å². The summed E-state index contributed by atoms with van der Waals surface area (Å²) in [5.41, 5.74) is 2.94. The van der Waals surface area contributed by atoms with Gasteiger partial charge in [-0.05, 0) is 41.5 Å². The fourth-order valence-corrected chi connectivity index (χ4v) is 3.73. The molecule has 0 aliphatic heterocycles. The number of H-pyrrole nitrogens is 1. The first-order valence-electron chi connectivity index (χ1n) is 10.8. The lowest BCUT2D eigenvalue weighted by Crippen LogP contribution is -2.05. The Kier molecular flexibility index (Phi) is 6.23. The number of ether oxygens (including phenoxy) is 1. The van der Waals surface area contributed by atoms with Gasteiger partial charge in [0.25, 0.3) is 0 Å². The van der Waals surface area contributed by atoms with Crippen LogP contribution in [0.1, 0.15) is 22.5 Å². The molecule has 0 fully saturated rings. The highest BCUT2D eigenvalue weighted by molar-refractivity contribution is 6.30. The average Bonchev–Trinajstić information content (AvgIpc) is 3.45. The molecule has 2 aromatic carbocycles. The van der Waals surface area contributed by atoms with Gasteiger partial charge in [-0.1, -0.05) is 29.8 Å². The van der Waals surface area contributed by atoms with Gasteiger partial charge < -0.3 is 14.6 Å². The van der Waals surface area contributed by atoms with Crippen LogP contribution in [0.3, 0.4) is 0 Å². The lowest BCUT2D eigenvalue weighted by molar-refractivity contribution is -0.141. The molecule has 0 radical (unpaired) electrons. The smallest absolute Gasteiger partial charge is 0.424 e. The van der Waals surface area contributed by atoms with Crippen molar-refractivity contribution in [2.75, 3.05) is 5.32 Å². The zero-order chi connectivity index (χ0) is 25.3. The zero-order valence-electron chi connectivity index (χ0n) is 18.8. The number of nitrogens with one attached hydrogen (secondary N) is 2. The Hall–Kier alpha value is -4.12. The van der Waals surface area contributed by atoms with E-state index in [0.717, 1.165) is 28.2 Å². The molecule has 12 heteroatoms. The minimum Gasteiger partial charge on any atom is -0.424 e. The molecule has 0 saturated carbocycles. The first-order chi connectivity index (χ1) is 17.2. The second kappa shape index (κ2) is 9.50. The molecular weight excluding hydrogens is 495 g/mol. The van der Waals surface area contributed by atoms with Gasteiger partial charge in [0.05, 0.1) is 28.4 Å². The minimum absolute atomic E-state index is 0.206. The summed E-state index contributed by atoms with van der Waals surface area (Å²) >= 11 is 5.78. The van der Waals surface area contributed by atoms with Crippen molar-refractivity contribution in [2.24, 2.45) is 7.05 Å². The van der Waals surface area contributed by atoms with Crippen LogP contribution in [0.4, 0.5) is 19.1 Å². The van der Waals surface area contributed by atoms with E-state index >= 15 is 0 Å². The van der Waals surface area contributed by atoms with Crippen LogP contribution in [-0.2, 0) is 26.2 Å². The molecule has 0 saturated heterocycles. The van der Waals surface area contributed by atoms with E-state index in [1.54, 1.807) is 0 Å². The van der Waals surface area contributed by atoms with E-state index in [0.29, 0.717) is 35.4 Å². The fraction of sp³-hybridized carbons (Fsp3) is 0.167. The third-order valence-electron chi connectivity index (χ3n) is 5.44. The highest BCUT2D eigenvalue weighted by Gasteiger charge is 2.33. The SMILES string of the molecule is Cn1c(NCc2ccc(Oc3ncc(Cl)cn3)cc2)nc2ccc(Cc3cc(C(F)(F)F)n[nH]3)cc21. The maximum atomic E-state index is 12.8. The van der Waals surface area contributed by atoms with Gasteiger partial charge in [0.15, 0.2) is 5.69 Å². The fourth-order valence-electron chi connectivity index (χ4n) is 3.64. The van der Waals surface area contributed by atoms with Crippen molar-refractivity contribution in [3.05, 3.63) is 88.5 Å². The monoisotopic (exact) mass is 513 g/mol.